The molecule has 6 nitrogen and oxygen atoms in total. The monoisotopic (exact) mass is 372 g/mol. The summed E-state index contributed by atoms with van der Waals surface area (Å²) in [4.78, 5) is 29.2. The lowest BCUT2D eigenvalue weighted by atomic mass is 9.74. The van der Waals surface area contributed by atoms with Crippen LogP contribution < -0.4 is 4.74 Å². The number of hydrogen-bond acceptors (Lipinski definition) is 4. The molecule has 1 amide bonds. The van der Waals surface area contributed by atoms with Gasteiger partial charge in [0, 0.05) is 32.0 Å². The van der Waals surface area contributed by atoms with Crippen LogP contribution in [0.1, 0.15) is 31.2 Å². The fraction of sp³-hybridized carbons (Fsp3) is 0.619. The number of carbonyl (C=O) groups is 2. The molecule has 1 aromatic rings. The van der Waals surface area contributed by atoms with Crippen LogP contribution in [0.15, 0.2) is 24.3 Å². The number of fused-ring (bicyclic) bond motifs is 2. The number of carboxylic acid groups (broad SMARTS) is 1. The van der Waals surface area contributed by atoms with Crippen LogP contribution in [0.25, 0.3) is 0 Å². The maximum Gasteiger partial charge on any atom is 0.312 e. The summed E-state index contributed by atoms with van der Waals surface area (Å²) in [5, 5.41) is 10.1. The van der Waals surface area contributed by atoms with Gasteiger partial charge in [0.15, 0.2) is 0 Å². The Balaban J connectivity index is 1.46. The maximum atomic E-state index is 12.8. The van der Waals surface area contributed by atoms with Crippen molar-refractivity contribution in [2.45, 2.75) is 32.1 Å². The van der Waals surface area contributed by atoms with E-state index in [4.69, 9.17) is 4.74 Å². The molecule has 2 fully saturated rings. The van der Waals surface area contributed by atoms with Crippen LogP contribution in [-0.2, 0) is 16.0 Å². The molecule has 1 N–H and O–H groups in total. The average molecular weight is 372 g/mol. The highest BCUT2D eigenvalue weighted by molar-refractivity contribution is 5.81. The highest BCUT2D eigenvalue weighted by Gasteiger charge is 2.55. The van der Waals surface area contributed by atoms with Crippen molar-refractivity contribution in [1.82, 2.24) is 9.80 Å². The molecular weight excluding hydrogens is 344 g/mol. The van der Waals surface area contributed by atoms with Gasteiger partial charge in [-0.2, -0.15) is 0 Å². The third-order valence-corrected chi connectivity index (χ3v) is 6.48. The van der Waals surface area contributed by atoms with Gasteiger partial charge in [-0.25, -0.2) is 0 Å². The quantitative estimate of drug-likeness (QED) is 0.876. The van der Waals surface area contributed by atoms with Crippen molar-refractivity contribution in [2.75, 3.05) is 39.3 Å². The molecule has 0 radical (unpaired) electrons. The Labute approximate surface area is 160 Å². The Bertz CT molecular complexity index is 716. The zero-order valence-electron chi connectivity index (χ0n) is 15.7. The van der Waals surface area contributed by atoms with E-state index in [9.17, 15) is 14.7 Å². The molecule has 146 valence electrons. The smallest absolute Gasteiger partial charge is 0.312 e. The molecule has 6 heteroatoms. The average Bonchev–Trinajstić information content (AvgIpc) is 2.98. The second-order valence-corrected chi connectivity index (χ2v) is 8.18. The number of rotatable bonds is 4. The first-order valence-corrected chi connectivity index (χ1v) is 10.0. The summed E-state index contributed by atoms with van der Waals surface area (Å²) < 4.78 is 5.91. The second-order valence-electron chi connectivity index (χ2n) is 8.18. The Morgan fingerprint density at radius 1 is 1.19 bits per heavy atom. The standard InChI is InChI=1S/C21H28N2O4/c24-19(8-11-22-9-4-1-5-10-22)23-13-17-14-27-18-7-3-2-6-16(18)12-21(17,15-23)20(25)26/h2-3,6-7,17H,1,4-5,8-15H2,(H,25,26)/t17-,21+/m0/s1. The van der Waals surface area contributed by atoms with Crippen molar-refractivity contribution in [3.63, 3.8) is 0 Å². The molecule has 4 rings (SSSR count). The molecule has 3 aliphatic heterocycles. The van der Waals surface area contributed by atoms with Gasteiger partial charge in [0.1, 0.15) is 5.75 Å². The van der Waals surface area contributed by atoms with E-state index < -0.39 is 11.4 Å². The number of para-hydroxylation sites is 1. The number of likely N-dealkylation sites (tertiary alicyclic amines) is 2. The lowest BCUT2D eigenvalue weighted by Gasteiger charge is -2.28. The lowest BCUT2D eigenvalue weighted by molar-refractivity contribution is -0.151. The first-order valence-electron chi connectivity index (χ1n) is 10.0. The molecule has 2 saturated heterocycles. The molecule has 27 heavy (non-hydrogen) atoms. The van der Waals surface area contributed by atoms with Crippen LogP contribution in [0.3, 0.4) is 0 Å². The minimum Gasteiger partial charge on any atom is -0.493 e. The SMILES string of the molecule is O=C(CCN1CCCCC1)N1C[C@H]2COc3ccccc3C[C@@]2(C(=O)O)C1. The van der Waals surface area contributed by atoms with E-state index in [1.54, 1.807) is 4.90 Å². The van der Waals surface area contributed by atoms with Crippen LogP contribution >= 0.6 is 0 Å². The van der Waals surface area contributed by atoms with Crippen molar-refractivity contribution in [3.8, 4) is 5.75 Å². The first kappa shape index (κ1) is 18.3. The van der Waals surface area contributed by atoms with Gasteiger partial charge in [-0.05, 0) is 44.0 Å². The lowest BCUT2D eigenvalue weighted by Crippen LogP contribution is -2.42. The summed E-state index contributed by atoms with van der Waals surface area (Å²) >= 11 is 0. The predicted molar refractivity (Wildman–Crippen MR) is 101 cm³/mol. The van der Waals surface area contributed by atoms with Gasteiger partial charge in [-0.3, -0.25) is 9.59 Å². The third kappa shape index (κ3) is 3.55. The van der Waals surface area contributed by atoms with E-state index in [0.717, 1.165) is 30.9 Å². The summed E-state index contributed by atoms with van der Waals surface area (Å²) in [7, 11) is 0. The van der Waals surface area contributed by atoms with Crippen molar-refractivity contribution in [3.05, 3.63) is 29.8 Å². The molecule has 0 aliphatic carbocycles. The van der Waals surface area contributed by atoms with Gasteiger partial charge < -0.3 is 19.6 Å². The highest BCUT2D eigenvalue weighted by atomic mass is 16.5. The normalized spacial score (nSPS) is 28.0. The second kappa shape index (κ2) is 7.50. The summed E-state index contributed by atoms with van der Waals surface area (Å²) in [6.07, 6.45) is 4.58. The topological polar surface area (TPSA) is 70.1 Å². The van der Waals surface area contributed by atoms with E-state index in [1.165, 1.54) is 19.3 Å². The minimum atomic E-state index is -0.951. The van der Waals surface area contributed by atoms with Gasteiger partial charge in [-0.15, -0.1) is 0 Å². The number of aliphatic carboxylic acids is 1. The molecule has 0 aromatic heterocycles. The van der Waals surface area contributed by atoms with Crippen LogP contribution in [0.4, 0.5) is 0 Å². The van der Waals surface area contributed by atoms with Gasteiger partial charge in [0.25, 0.3) is 0 Å². The summed E-state index contributed by atoms with van der Waals surface area (Å²) in [6.45, 7) is 4.01. The van der Waals surface area contributed by atoms with Gasteiger partial charge in [0.05, 0.1) is 12.0 Å². The zero-order chi connectivity index (χ0) is 18.9. The van der Waals surface area contributed by atoms with Gasteiger partial charge >= 0.3 is 5.97 Å². The van der Waals surface area contributed by atoms with E-state index >= 15 is 0 Å². The van der Waals surface area contributed by atoms with Crippen LogP contribution in [0.2, 0.25) is 0 Å². The predicted octanol–water partition coefficient (Wildman–Crippen LogP) is 2.03. The summed E-state index contributed by atoms with van der Waals surface area (Å²) in [5.41, 5.74) is -0.0297. The Kier molecular flexibility index (Phi) is 5.08. The molecule has 0 unspecified atom stereocenters. The van der Waals surface area contributed by atoms with Crippen molar-refractivity contribution >= 4 is 11.9 Å². The fourth-order valence-corrected chi connectivity index (χ4v) is 4.81. The Morgan fingerprint density at radius 2 is 1.96 bits per heavy atom. The zero-order valence-corrected chi connectivity index (χ0v) is 15.7. The van der Waals surface area contributed by atoms with Crippen molar-refractivity contribution < 1.29 is 19.4 Å². The Morgan fingerprint density at radius 3 is 2.74 bits per heavy atom. The molecule has 0 bridgehead atoms. The number of piperidine rings is 1. The number of carbonyl (C=O) groups excluding carboxylic acids is 1. The van der Waals surface area contributed by atoms with E-state index in [-0.39, 0.29) is 18.4 Å². The highest BCUT2D eigenvalue weighted by Crippen LogP contribution is 2.44. The number of carboxylic acids is 1. The largest absolute Gasteiger partial charge is 0.493 e. The number of benzene rings is 1. The van der Waals surface area contributed by atoms with E-state index in [0.29, 0.717) is 26.0 Å². The van der Waals surface area contributed by atoms with Crippen molar-refractivity contribution in [2.24, 2.45) is 11.3 Å². The van der Waals surface area contributed by atoms with Gasteiger partial charge in [0.2, 0.25) is 5.91 Å². The number of nitrogens with zero attached hydrogens (tertiary/aromatic N) is 2. The van der Waals surface area contributed by atoms with E-state index in [1.807, 2.05) is 24.3 Å². The fourth-order valence-electron chi connectivity index (χ4n) is 4.81. The summed E-state index contributed by atoms with van der Waals surface area (Å²) in [6, 6.07) is 7.65. The minimum absolute atomic E-state index is 0.0718. The first-order chi connectivity index (χ1) is 13.1. The number of ether oxygens (including phenoxy) is 1. The van der Waals surface area contributed by atoms with Crippen LogP contribution in [0.5, 0.6) is 5.75 Å². The maximum absolute atomic E-state index is 12.8. The molecule has 3 heterocycles. The van der Waals surface area contributed by atoms with E-state index in [2.05, 4.69) is 4.90 Å². The molecule has 1 aromatic carbocycles. The van der Waals surface area contributed by atoms with Crippen LogP contribution in [-0.4, -0.2) is 66.1 Å². The third-order valence-electron chi connectivity index (χ3n) is 6.48. The van der Waals surface area contributed by atoms with Gasteiger partial charge in [-0.1, -0.05) is 24.6 Å². The Hall–Kier alpha value is -2.08. The number of amides is 1. The molecule has 0 saturated carbocycles. The molecule has 2 atom stereocenters. The molecule has 3 aliphatic rings. The number of hydrogen-bond donors (Lipinski definition) is 1. The summed E-state index contributed by atoms with van der Waals surface area (Å²) in [5.74, 6) is -0.154. The molecule has 0 spiro atoms. The van der Waals surface area contributed by atoms with Crippen molar-refractivity contribution in [1.29, 1.82) is 0 Å². The molecular formula is C21H28N2O4. The van der Waals surface area contributed by atoms with Crippen LogP contribution in [0, 0.1) is 11.3 Å².